The van der Waals surface area contributed by atoms with Crippen LogP contribution in [-0.2, 0) is 0 Å². The Morgan fingerprint density at radius 3 is 2.35 bits per heavy atom. The fourth-order valence-electron chi connectivity index (χ4n) is 2.75. The third kappa shape index (κ3) is 2.54. The minimum absolute atomic E-state index is 0.574. The number of aromatic nitrogens is 1. The maximum absolute atomic E-state index is 5.66. The smallest absolute Gasteiger partial charge is 0.128 e. The lowest BCUT2D eigenvalue weighted by molar-refractivity contribution is 0.199. The van der Waals surface area contributed by atoms with Crippen LogP contribution in [-0.4, -0.2) is 18.1 Å². The molecule has 1 aromatic heterocycles. The molecule has 0 amide bonds. The van der Waals surface area contributed by atoms with E-state index in [1.54, 1.807) is 6.20 Å². The van der Waals surface area contributed by atoms with Crippen molar-refractivity contribution in [3.8, 4) is 0 Å². The Hall–Kier alpha value is -1.25. The highest BCUT2D eigenvalue weighted by molar-refractivity contribution is 5.46. The molecule has 2 rings (SSSR count). The number of nitrogen functional groups attached to an aromatic ring is 1. The minimum atomic E-state index is 0.574. The molecule has 0 aliphatic carbocycles. The van der Waals surface area contributed by atoms with Crippen molar-refractivity contribution in [2.75, 3.05) is 23.7 Å². The lowest BCUT2D eigenvalue weighted by atomic mass is 9.74. The third-order valence-corrected chi connectivity index (χ3v) is 4.42. The predicted octanol–water partition coefficient (Wildman–Crippen LogP) is 3.07. The van der Waals surface area contributed by atoms with Crippen LogP contribution < -0.4 is 10.6 Å². The van der Waals surface area contributed by atoms with Gasteiger partial charge in [-0.25, -0.2) is 4.98 Å². The Labute approximate surface area is 104 Å². The Kier molecular flexibility index (Phi) is 3.55. The molecule has 0 spiro atoms. The fraction of sp³-hybridized carbons (Fsp3) is 0.643. The molecule has 2 heterocycles. The fourth-order valence-corrected chi connectivity index (χ4v) is 2.75. The molecular formula is C14H23N3. The maximum atomic E-state index is 5.66. The molecule has 3 nitrogen and oxygen atoms in total. The van der Waals surface area contributed by atoms with Crippen molar-refractivity contribution in [2.24, 2.45) is 5.41 Å². The predicted molar refractivity (Wildman–Crippen MR) is 73.1 cm³/mol. The number of nitrogens with zero attached hydrogens (tertiary/aromatic N) is 2. The second-order valence-electron chi connectivity index (χ2n) is 5.14. The van der Waals surface area contributed by atoms with Gasteiger partial charge in [-0.05, 0) is 30.4 Å². The van der Waals surface area contributed by atoms with Crippen molar-refractivity contribution < 1.29 is 0 Å². The van der Waals surface area contributed by atoms with Gasteiger partial charge in [0.25, 0.3) is 0 Å². The maximum Gasteiger partial charge on any atom is 0.128 e. The van der Waals surface area contributed by atoms with Crippen LogP contribution in [0.4, 0.5) is 11.5 Å². The zero-order valence-corrected chi connectivity index (χ0v) is 10.9. The molecule has 0 bridgehead atoms. The summed E-state index contributed by atoms with van der Waals surface area (Å²) in [5.41, 5.74) is 6.97. The van der Waals surface area contributed by atoms with Gasteiger partial charge in [-0.3, -0.25) is 0 Å². The average Bonchev–Trinajstić information content (AvgIpc) is 2.40. The van der Waals surface area contributed by atoms with Crippen LogP contribution in [0.2, 0.25) is 0 Å². The van der Waals surface area contributed by atoms with Crippen molar-refractivity contribution in [1.29, 1.82) is 0 Å². The van der Waals surface area contributed by atoms with Gasteiger partial charge in [-0.1, -0.05) is 26.7 Å². The van der Waals surface area contributed by atoms with Crippen LogP contribution in [0.1, 0.15) is 39.5 Å². The van der Waals surface area contributed by atoms with Gasteiger partial charge in [0.1, 0.15) is 5.82 Å². The van der Waals surface area contributed by atoms with E-state index in [-0.39, 0.29) is 0 Å². The number of hydrogen-bond donors (Lipinski definition) is 1. The zero-order chi connectivity index (χ0) is 12.3. The summed E-state index contributed by atoms with van der Waals surface area (Å²) in [6, 6.07) is 3.96. The summed E-state index contributed by atoms with van der Waals surface area (Å²) < 4.78 is 0. The van der Waals surface area contributed by atoms with E-state index in [1.807, 2.05) is 12.1 Å². The molecule has 0 atom stereocenters. The molecule has 94 valence electrons. The van der Waals surface area contributed by atoms with Crippen molar-refractivity contribution in [3.05, 3.63) is 18.3 Å². The second-order valence-corrected chi connectivity index (χ2v) is 5.14. The van der Waals surface area contributed by atoms with Crippen molar-refractivity contribution in [1.82, 2.24) is 4.98 Å². The Morgan fingerprint density at radius 2 is 1.88 bits per heavy atom. The van der Waals surface area contributed by atoms with Crippen LogP contribution >= 0.6 is 0 Å². The van der Waals surface area contributed by atoms with Gasteiger partial charge in [-0.15, -0.1) is 0 Å². The lowest BCUT2D eigenvalue weighted by Crippen LogP contribution is -2.40. The van der Waals surface area contributed by atoms with E-state index >= 15 is 0 Å². The monoisotopic (exact) mass is 233 g/mol. The summed E-state index contributed by atoms with van der Waals surface area (Å²) in [5.74, 6) is 1.07. The van der Waals surface area contributed by atoms with Gasteiger partial charge >= 0.3 is 0 Å². The summed E-state index contributed by atoms with van der Waals surface area (Å²) in [6.45, 7) is 6.89. The van der Waals surface area contributed by atoms with Crippen LogP contribution in [0.5, 0.6) is 0 Å². The van der Waals surface area contributed by atoms with E-state index in [9.17, 15) is 0 Å². The number of rotatable bonds is 3. The number of anilines is 2. The first-order valence-corrected chi connectivity index (χ1v) is 6.65. The van der Waals surface area contributed by atoms with Gasteiger partial charge in [0.05, 0.1) is 11.9 Å². The van der Waals surface area contributed by atoms with E-state index in [0.29, 0.717) is 5.41 Å². The first kappa shape index (κ1) is 12.2. The molecular weight excluding hydrogens is 210 g/mol. The highest BCUT2D eigenvalue weighted by Crippen LogP contribution is 2.38. The average molecular weight is 233 g/mol. The van der Waals surface area contributed by atoms with Crippen molar-refractivity contribution in [2.45, 2.75) is 39.5 Å². The normalized spacial score (nSPS) is 19.3. The van der Waals surface area contributed by atoms with Crippen LogP contribution in [0.25, 0.3) is 0 Å². The van der Waals surface area contributed by atoms with Gasteiger partial charge < -0.3 is 10.6 Å². The van der Waals surface area contributed by atoms with Gasteiger partial charge in [0, 0.05) is 13.1 Å². The van der Waals surface area contributed by atoms with Gasteiger partial charge in [0.15, 0.2) is 0 Å². The minimum Gasteiger partial charge on any atom is -0.397 e. The summed E-state index contributed by atoms with van der Waals surface area (Å²) >= 11 is 0. The highest BCUT2D eigenvalue weighted by atomic mass is 15.2. The quantitative estimate of drug-likeness (QED) is 0.872. The van der Waals surface area contributed by atoms with Crippen LogP contribution in [0.3, 0.4) is 0 Å². The molecule has 3 heteroatoms. The Balaban J connectivity index is 2.01. The van der Waals surface area contributed by atoms with E-state index in [0.717, 1.165) is 24.6 Å². The summed E-state index contributed by atoms with van der Waals surface area (Å²) in [6.07, 6.45) is 6.91. The SMILES string of the molecule is CCC1(CC)CCN(c2ccc(N)cn2)CC1. The Bertz CT molecular complexity index is 344. The van der Waals surface area contributed by atoms with E-state index in [2.05, 4.69) is 23.7 Å². The molecule has 0 unspecified atom stereocenters. The molecule has 17 heavy (non-hydrogen) atoms. The Morgan fingerprint density at radius 1 is 1.24 bits per heavy atom. The molecule has 1 aliphatic heterocycles. The standard InChI is InChI=1S/C14H23N3/c1-3-14(4-2)7-9-17(10-8-14)13-6-5-12(15)11-16-13/h5-6,11H,3-4,7-10,15H2,1-2H3. The number of nitrogens with two attached hydrogens (primary N) is 1. The van der Waals surface area contributed by atoms with Crippen LogP contribution in [0.15, 0.2) is 18.3 Å². The van der Waals surface area contributed by atoms with Gasteiger partial charge in [0.2, 0.25) is 0 Å². The van der Waals surface area contributed by atoms with E-state index in [4.69, 9.17) is 5.73 Å². The summed E-state index contributed by atoms with van der Waals surface area (Å²) in [5, 5.41) is 0. The highest BCUT2D eigenvalue weighted by Gasteiger charge is 2.31. The molecule has 0 radical (unpaired) electrons. The van der Waals surface area contributed by atoms with E-state index in [1.165, 1.54) is 25.7 Å². The summed E-state index contributed by atoms with van der Waals surface area (Å²) in [7, 11) is 0. The molecule has 0 saturated carbocycles. The second kappa shape index (κ2) is 4.94. The molecule has 1 aromatic rings. The lowest BCUT2D eigenvalue weighted by Gasteiger charge is -2.41. The molecule has 1 saturated heterocycles. The number of piperidine rings is 1. The first-order valence-electron chi connectivity index (χ1n) is 6.65. The third-order valence-electron chi connectivity index (χ3n) is 4.42. The van der Waals surface area contributed by atoms with Crippen LogP contribution in [0, 0.1) is 5.41 Å². The van der Waals surface area contributed by atoms with Crippen molar-refractivity contribution >= 4 is 11.5 Å². The summed E-state index contributed by atoms with van der Waals surface area (Å²) in [4.78, 5) is 6.78. The first-order chi connectivity index (χ1) is 8.19. The topological polar surface area (TPSA) is 42.1 Å². The molecule has 1 aliphatic rings. The molecule has 2 N–H and O–H groups in total. The molecule has 0 aromatic carbocycles. The number of pyridine rings is 1. The zero-order valence-electron chi connectivity index (χ0n) is 10.9. The molecule has 1 fully saturated rings. The van der Waals surface area contributed by atoms with E-state index < -0.39 is 0 Å². The number of hydrogen-bond acceptors (Lipinski definition) is 3. The van der Waals surface area contributed by atoms with Crippen molar-refractivity contribution in [3.63, 3.8) is 0 Å². The largest absolute Gasteiger partial charge is 0.397 e. The van der Waals surface area contributed by atoms with Gasteiger partial charge in [-0.2, -0.15) is 0 Å².